The van der Waals surface area contributed by atoms with E-state index in [0.29, 0.717) is 0 Å². The molecule has 3 rings (SSSR count). The second-order valence-corrected chi connectivity index (χ2v) is 9.27. The number of benzene rings is 1. The molecule has 1 N–H and O–H groups in total. The van der Waals surface area contributed by atoms with Crippen molar-refractivity contribution in [1.82, 2.24) is 0 Å². The van der Waals surface area contributed by atoms with Crippen LogP contribution in [0.4, 0.5) is 0 Å². The molecule has 3 aromatic rings. The minimum Gasteiger partial charge on any atom is -0.744 e. The average molecular weight is 418 g/mol. The molecule has 0 aliphatic heterocycles. The van der Waals surface area contributed by atoms with Gasteiger partial charge in [-0.3, -0.25) is 0 Å². The van der Waals surface area contributed by atoms with Crippen LogP contribution in [0.3, 0.4) is 0 Å². The van der Waals surface area contributed by atoms with Crippen molar-refractivity contribution in [2.45, 2.75) is 22.7 Å². The van der Waals surface area contributed by atoms with Crippen molar-refractivity contribution in [1.29, 1.82) is 0 Å². The molecular formula is C15H15NO5S4. The number of carbonyl (C=O) groups is 1. The van der Waals surface area contributed by atoms with Crippen molar-refractivity contribution in [2.24, 2.45) is 0 Å². The molecule has 10 heteroatoms. The minimum atomic E-state index is -4.27. The fourth-order valence-electron chi connectivity index (χ4n) is 1.92. The molecule has 134 valence electrons. The monoisotopic (exact) mass is 417 g/mol. The Bertz CT molecular complexity index is 973. The SMILES string of the molecule is CSc1sc2ccsc2[n+]1CC(=O)O.Cc1ccc(S(=O)(=O)[O-])cc1. The van der Waals surface area contributed by atoms with E-state index in [1.165, 1.54) is 16.8 Å². The molecule has 0 spiro atoms. The highest BCUT2D eigenvalue weighted by Gasteiger charge is 2.23. The minimum absolute atomic E-state index is 0.0523. The van der Waals surface area contributed by atoms with E-state index in [0.717, 1.165) is 14.7 Å². The number of fused-ring (bicyclic) bond motifs is 1. The molecule has 0 radical (unpaired) electrons. The Balaban J connectivity index is 0.000000186. The number of carboxylic acid groups (broad SMARTS) is 1. The molecule has 25 heavy (non-hydrogen) atoms. The summed E-state index contributed by atoms with van der Waals surface area (Å²) in [5, 5.41) is 10.8. The van der Waals surface area contributed by atoms with Gasteiger partial charge in [-0.2, -0.15) is 4.57 Å². The van der Waals surface area contributed by atoms with Crippen molar-refractivity contribution in [3.8, 4) is 0 Å². The van der Waals surface area contributed by atoms with Crippen LogP contribution in [0.15, 0.2) is 44.9 Å². The summed E-state index contributed by atoms with van der Waals surface area (Å²) in [4.78, 5) is 11.6. The lowest BCUT2D eigenvalue weighted by Crippen LogP contribution is -2.37. The normalized spacial score (nSPS) is 11.2. The van der Waals surface area contributed by atoms with Gasteiger partial charge in [-0.1, -0.05) is 40.4 Å². The fourth-order valence-corrected chi connectivity index (χ4v) is 5.43. The van der Waals surface area contributed by atoms with Crippen LogP contribution < -0.4 is 4.57 Å². The topological polar surface area (TPSA) is 98.4 Å². The molecule has 0 saturated heterocycles. The van der Waals surface area contributed by atoms with E-state index in [4.69, 9.17) is 5.11 Å². The summed E-state index contributed by atoms with van der Waals surface area (Å²) in [6, 6.07) is 7.81. The van der Waals surface area contributed by atoms with Gasteiger partial charge in [-0.15, -0.1) is 0 Å². The summed E-state index contributed by atoms with van der Waals surface area (Å²) in [6.07, 6.45) is 1.97. The van der Waals surface area contributed by atoms with Gasteiger partial charge < -0.3 is 9.66 Å². The fraction of sp³-hybridized carbons (Fsp3) is 0.200. The van der Waals surface area contributed by atoms with Crippen molar-refractivity contribution in [2.75, 3.05) is 6.26 Å². The second-order valence-electron chi connectivity index (χ2n) is 4.91. The van der Waals surface area contributed by atoms with Gasteiger partial charge in [-0.25, -0.2) is 13.2 Å². The Labute approximate surface area is 157 Å². The number of aryl methyl sites for hydroxylation is 1. The standard InChI is InChI=1S/C8H7NO2S3.C7H8O3S/c1-12-8-9(4-6(10)11)7-5(14-8)2-3-13-7;1-6-2-4-7(5-3-6)11(8,9)10/h2-3H,4H2,1H3;2-5H,1H3,(H,8,9,10). The van der Waals surface area contributed by atoms with E-state index < -0.39 is 16.1 Å². The molecule has 0 bridgehead atoms. The molecule has 0 unspecified atom stereocenters. The highest BCUT2D eigenvalue weighted by atomic mass is 32.2. The van der Waals surface area contributed by atoms with Gasteiger partial charge in [0.05, 0.1) is 4.90 Å². The Morgan fingerprint density at radius 1 is 1.28 bits per heavy atom. The molecule has 6 nitrogen and oxygen atoms in total. The second kappa shape index (κ2) is 8.28. The number of thiazole rings is 1. The summed E-state index contributed by atoms with van der Waals surface area (Å²) in [6.45, 7) is 1.87. The van der Waals surface area contributed by atoms with Gasteiger partial charge >= 0.3 is 5.97 Å². The van der Waals surface area contributed by atoms with E-state index in [1.807, 2.05) is 29.2 Å². The predicted octanol–water partition coefficient (Wildman–Crippen LogP) is 2.96. The van der Waals surface area contributed by atoms with Gasteiger partial charge in [-0.05, 0) is 48.5 Å². The van der Waals surface area contributed by atoms with Crippen LogP contribution in [-0.4, -0.2) is 30.3 Å². The van der Waals surface area contributed by atoms with E-state index in [2.05, 4.69) is 0 Å². The third-order valence-corrected chi connectivity index (χ3v) is 7.23. The quantitative estimate of drug-likeness (QED) is 0.398. The summed E-state index contributed by atoms with van der Waals surface area (Å²) in [5.41, 5.74) is 0.928. The third-order valence-electron chi connectivity index (χ3n) is 3.05. The molecule has 1 aromatic carbocycles. The zero-order valence-electron chi connectivity index (χ0n) is 13.3. The first-order valence-corrected chi connectivity index (χ1v) is 11.2. The van der Waals surface area contributed by atoms with Crippen molar-refractivity contribution in [3.63, 3.8) is 0 Å². The van der Waals surface area contributed by atoms with Crippen LogP contribution >= 0.6 is 34.4 Å². The van der Waals surface area contributed by atoms with Crippen molar-refractivity contribution in [3.05, 3.63) is 41.3 Å². The zero-order valence-corrected chi connectivity index (χ0v) is 16.6. The van der Waals surface area contributed by atoms with Crippen LogP contribution in [0.2, 0.25) is 0 Å². The number of rotatable bonds is 4. The van der Waals surface area contributed by atoms with E-state index in [-0.39, 0.29) is 11.4 Å². The van der Waals surface area contributed by atoms with Gasteiger partial charge in [0.15, 0.2) is 0 Å². The number of hydrogen-bond donors (Lipinski definition) is 1. The van der Waals surface area contributed by atoms with Crippen LogP contribution in [0.5, 0.6) is 0 Å². The first-order chi connectivity index (χ1) is 11.7. The number of thioether (sulfide) groups is 1. The Morgan fingerprint density at radius 3 is 2.44 bits per heavy atom. The molecule has 0 fully saturated rings. The molecule has 2 aromatic heterocycles. The predicted molar refractivity (Wildman–Crippen MR) is 98.5 cm³/mol. The summed E-state index contributed by atoms with van der Waals surface area (Å²) in [5.74, 6) is -0.793. The lowest BCUT2D eigenvalue weighted by molar-refractivity contribution is -0.689. The van der Waals surface area contributed by atoms with E-state index in [1.54, 1.807) is 46.6 Å². The Kier molecular flexibility index (Phi) is 6.58. The number of carboxylic acids is 1. The smallest absolute Gasteiger partial charge is 0.370 e. The van der Waals surface area contributed by atoms with Crippen molar-refractivity contribution >= 4 is 60.1 Å². The first kappa shape index (κ1) is 19.9. The van der Waals surface area contributed by atoms with E-state index in [9.17, 15) is 17.8 Å². The van der Waals surface area contributed by atoms with Crippen LogP contribution in [0, 0.1) is 6.92 Å². The third kappa shape index (κ3) is 5.25. The molecule has 2 heterocycles. The number of hydrogen-bond acceptors (Lipinski definition) is 7. The summed E-state index contributed by atoms with van der Waals surface area (Å²) in [7, 11) is -4.27. The van der Waals surface area contributed by atoms with Gasteiger partial charge in [0, 0.05) is 0 Å². The molecule has 0 atom stereocenters. The summed E-state index contributed by atoms with van der Waals surface area (Å²) >= 11 is 4.83. The van der Waals surface area contributed by atoms with Gasteiger partial charge in [0.2, 0.25) is 6.54 Å². The van der Waals surface area contributed by atoms with Crippen LogP contribution in [0.25, 0.3) is 9.53 Å². The maximum Gasteiger partial charge on any atom is 0.370 e. The number of nitrogens with zero attached hydrogens (tertiary/aromatic N) is 1. The summed E-state index contributed by atoms with van der Waals surface area (Å²) < 4.78 is 35.2. The van der Waals surface area contributed by atoms with Gasteiger partial charge in [0.1, 0.15) is 14.8 Å². The van der Waals surface area contributed by atoms with Crippen LogP contribution in [-0.2, 0) is 21.5 Å². The highest BCUT2D eigenvalue weighted by molar-refractivity contribution is 8.00. The molecule has 0 aliphatic rings. The average Bonchev–Trinajstić information content (AvgIpc) is 3.09. The lowest BCUT2D eigenvalue weighted by Gasteiger charge is -2.05. The maximum absolute atomic E-state index is 10.7. The Morgan fingerprint density at radius 2 is 1.92 bits per heavy atom. The van der Waals surface area contributed by atoms with E-state index >= 15 is 0 Å². The molecule has 0 aliphatic carbocycles. The number of aliphatic carboxylic acids is 1. The van der Waals surface area contributed by atoms with Crippen LogP contribution in [0.1, 0.15) is 5.56 Å². The largest absolute Gasteiger partial charge is 0.744 e. The number of thiophene rings is 1. The molecule has 0 amide bonds. The first-order valence-electron chi connectivity index (χ1n) is 6.90. The Hall–Kier alpha value is -1.46. The zero-order chi connectivity index (χ0) is 18.6. The maximum atomic E-state index is 10.7. The lowest BCUT2D eigenvalue weighted by atomic mass is 10.2. The van der Waals surface area contributed by atoms with Crippen molar-refractivity contribution < 1.29 is 27.4 Å². The highest BCUT2D eigenvalue weighted by Crippen LogP contribution is 2.29. The van der Waals surface area contributed by atoms with Gasteiger partial charge in [0.25, 0.3) is 9.17 Å². The number of aromatic nitrogens is 1. The molecular weight excluding hydrogens is 402 g/mol. The molecule has 0 saturated carbocycles.